The monoisotopic (exact) mass is 889 g/mol. The van der Waals surface area contributed by atoms with Gasteiger partial charge in [-0.3, -0.25) is 0 Å². The molecule has 2 N–H and O–H groups in total. The van der Waals surface area contributed by atoms with E-state index in [4.69, 9.17) is 9.98 Å². The van der Waals surface area contributed by atoms with Gasteiger partial charge in [0, 0.05) is 11.4 Å². The van der Waals surface area contributed by atoms with Crippen LogP contribution < -0.4 is 10.6 Å². The van der Waals surface area contributed by atoms with Crippen molar-refractivity contribution in [2.45, 2.75) is 209 Å². The molecule has 0 fully saturated rings. The zero-order valence-corrected chi connectivity index (χ0v) is 46.0. The van der Waals surface area contributed by atoms with Crippen molar-refractivity contribution in [1.29, 1.82) is 0 Å². The Labute approximate surface area is 403 Å². The van der Waals surface area contributed by atoms with Crippen LogP contribution in [0.1, 0.15) is 211 Å². The predicted octanol–water partition coefficient (Wildman–Crippen LogP) is 17.9. The van der Waals surface area contributed by atoms with Crippen molar-refractivity contribution >= 4 is 34.2 Å². The third kappa shape index (κ3) is 12.4. The number of nitrogens with zero attached hydrogens (tertiary/aromatic N) is 2. The van der Waals surface area contributed by atoms with Crippen LogP contribution in [0.2, 0.25) is 0 Å². The molecule has 4 aromatic carbocycles. The Bertz CT molecular complexity index is 2380. The standard InChI is InChI=1S/C62H88N4/c1-55(2,3)39-25-29-43(59(13,14)15)47(33-39)63-51-37-53(65-49-35-41(57(7,8)9)27-31-45(49)61(19,20)21)54(66-50-36-42(58(10,11)12)28-32-46(50)62(22,23)24)38-52(51)64-48-34-40(56(4,5)6)26-30-44(48)60(16,17)18/h25-38,63,66H,1-24H3. The van der Waals surface area contributed by atoms with Crippen molar-refractivity contribution in [1.82, 2.24) is 0 Å². The summed E-state index contributed by atoms with van der Waals surface area (Å²) >= 11 is 0. The van der Waals surface area contributed by atoms with Gasteiger partial charge >= 0.3 is 0 Å². The van der Waals surface area contributed by atoms with Crippen molar-refractivity contribution in [2.24, 2.45) is 9.98 Å². The highest BCUT2D eigenvalue weighted by Gasteiger charge is 2.30. The lowest BCUT2D eigenvalue weighted by atomic mass is 9.80. The lowest BCUT2D eigenvalue weighted by molar-refractivity contribution is 0.578. The summed E-state index contributed by atoms with van der Waals surface area (Å²) in [6, 6.07) is 27.7. The van der Waals surface area contributed by atoms with Gasteiger partial charge < -0.3 is 10.6 Å². The zero-order chi connectivity index (χ0) is 50.0. The van der Waals surface area contributed by atoms with E-state index in [1.54, 1.807) is 0 Å². The number of benzene rings is 4. The van der Waals surface area contributed by atoms with E-state index >= 15 is 0 Å². The fraction of sp³-hybridized carbons (Fsp3) is 0.516. The summed E-state index contributed by atoms with van der Waals surface area (Å²) in [6.07, 6.45) is 4.50. The van der Waals surface area contributed by atoms with Crippen LogP contribution in [0.3, 0.4) is 0 Å². The van der Waals surface area contributed by atoms with E-state index < -0.39 is 0 Å². The molecule has 66 heavy (non-hydrogen) atoms. The Balaban J connectivity index is 1.98. The highest BCUT2D eigenvalue weighted by molar-refractivity contribution is 6.26. The van der Waals surface area contributed by atoms with Gasteiger partial charge in [0.25, 0.3) is 0 Å². The molecule has 0 atom stereocenters. The normalized spacial score (nSPS) is 16.1. The molecule has 0 saturated heterocycles. The molecular formula is C62H88N4. The van der Waals surface area contributed by atoms with Gasteiger partial charge in [0.15, 0.2) is 0 Å². The molecule has 5 rings (SSSR count). The molecule has 1 aliphatic rings. The average Bonchev–Trinajstić information content (AvgIpc) is 3.13. The first kappa shape index (κ1) is 52.3. The Kier molecular flexibility index (Phi) is 14.1. The molecule has 0 spiro atoms. The minimum Gasteiger partial charge on any atom is -0.353 e. The lowest BCUT2D eigenvalue weighted by Gasteiger charge is -2.30. The van der Waals surface area contributed by atoms with Gasteiger partial charge in [0.2, 0.25) is 0 Å². The maximum absolute atomic E-state index is 5.78. The first-order valence-electron chi connectivity index (χ1n) is 24.5. The van der Waals surface area contributed by atoms with E-state index in [9.17, 15) is 0 Å². The quantitative estimate of drug-likeness (QED) is 0.190. The number of nitrogens with one attached hydrogen (secondary N) is 2. The summed E-state index contributed by atoms with van der Waals surface area (Å²) in [5.74, 6) is 0. The molecule has 0 amide bonds. The summed E-state index contributed by atoms with van der Waals surface area (Å²) < 4.78 is 0. The highest BCUT2D eigenvalue weighted by atomic mass is 15.0. The van der Waals surface area contributed by atoms with E-state index in [0.29, 0.717) is 0 Å². The van der Waals surface area contributed by atoms with E-state index in [-0.39, 0.29) is 43.3 Å². The second-order valence-electron chi connectivity index (χ2n) is 27.3. The number of aliphatic imine (C=N–C) groups is 2. The van der Waals surface area contributed by atoms with Gasteiger partial charge in [0.1, 0.15) is 0 Å². The van der Waals surface area contributed by atoms with Gasteiger partial charge in [-0.05, 0) is 124 Å². The molecule has 0 aromatic heterocycles. The first-order chi connectivity index (χ1) is 29.7. The lowest BCUT2D eigenvalue weighted by Crippen LogP contribution is -2.26. The largest absolute Gasteiger partial charge is 0.353 e. The molecule has 0 heterocycles. The van der Waals surface area contributed by atoms with Crippen molar-refractivity contribution in [3.8, 4) is 0 Å². The maximum atomic E-state index is 5.78. The second-order valence-corrected chi connectivity index (χ2v) is 27.3. The fourth-order valence-electron chi connectivity index (χ4n) is 8.50. The van der Waals surface area contributed by atoms with Crippen LogP contribution >= 0.6 is 0 Å². The predicted molar refractivity (Wildman–Crippen MR) is 293 cm³/mol. The molecule has 0 bridgehead atoms. The van der Waals surface area contributed by atoms with Gasteiger partial charge in [-0.1, -0.05) is 215 Å². The summed E-state index contributed by atoms with van der Waals surface area (Å²) in [6.45, 7) is 54.9. The highest BCUT2D eigenvalue weighted by Crippen LogP contribution is 2.42. The van der Waals surface area contributed by atoms with Crippen LogP contribution in [0, 0.1) is 0 Å². The maximum Gasteiger partial charge on any atom is 0.0894 e. The minimum atomic E-state index is -0.143. The molecule has 4 nitrogen and oxygen atoms in total. The smallest absolute Gasteiger partial charge is 0.0894 e. The van der Waals surface area contributed by atoms with E-state index in [1.165, 1.54) is 44.5 Å². The van der Waals surface area contributed by atoms with Crippen molar-refractivity contribution in [3.05, 3.63) is 141 Å². The number of anilines is 2. The molecule has 4 heteroatoms. The number of hydrogen-bond acceptors (Lipinski definition) is 4. The zero-order valence-electron chi connectivity index (χ0n) is 46.0. The number of allylic oxidation sites excluding steroid dienone is 2. The summed E-state index contributed by atoms with van der Waals surface area (Å²) in [4.78, 5) is 11.6. The van der Waals surface area contributed by atoms with Gasteiger partial charge in [-0.15, -0.1) is 0 Å². The van der Waals surface area contributed by atoms with Crippen molar-refractivity contribution < 1.29 is 0 Å². The Morgan fingerprint density at radius 1 is 0.288 bits per heavy atom. The Morgan fingerprint density at radius 3 is 0.773 bits per heavy atom. The molecule has 1 aliphatic carbocycles. The third-order valence-electron chi connectivity index (χ3n) is 12.9. The third-order valence-corrected chi connectivity index (χ3v) is 12.9. The van der Waals surface area contributed by atoms with E-state index in [2.05, 4.69) is 262 Å². The molecule has 0 saturated carbocycles. The van der Waals surface area contributed by atoms with E-state index in [0.717, 1.165) is 45.6 Å². The molecule has 356 valence electrons. The molecule has 0 unspecified atom stereocenters. The minimum absolute atomic E-state index is 0.0445. The topological polar surface area (TPSA) is 48.8 Å². The SMILES string of the molecule is CC(C)(C)c1ccc(C(C)(C)C)c(N=C2C=C(Nc3cc(C(C)(C)C)ccc3C(C)(C)C)C(=Nc3cc(C(C)(C)C)ccc3C(C)(C)C)C=C2Nc2cc(C(C)(C)C)ccc2C(C)(C)C)c1. The summed E-state index contributed by atoms with van der Waals surface area (Å²) in [5, 5.41) is 8.13. The van der Waals surface area contributed by atoms with Crippen molar-refractivity contribution in [2.75, 3.05) is 10.6 Å². The molecular weight excluding hydrogens is 801 g/mol. The van der Waals surface area contributed by atoms with Crippen LogP contribution in [0.4, 0.5) is 22.7 Å². The van der Waals surface area contributed by atoms with Crippen LogP contribution in [0.25, 0.3) is 0 Å². The van der Waals surface area contributed by atoms with Gasteiger partial charge in [-0.2, -0.15) is 0 Å². The van der Waals surface area contributed by atoms with Crippen LogP contribution in [0.5, 0.6) is 0 Å². The Morgan fingerprint density at radius 2 is 0.530 bits per heavy atom. The van der Waals surface area contributed by atoms with Crippen LogP contribution in [-0.4, -0.2) is 11.4 Å². The number of rotatable bonds is 6. The molecule has 0 radical (unpaired) electrons. The van der Waals surface area contributed by atoms with Crippen LogP contribution in [-0.2, 0) is 43.3 Å². The first-order valence-corrected chi connectivity index (χ1v) is 24.5. The summed E-state index contributed by atoms with van der Waals surface area (Å²) in [5.41, 5.74) is 16.8. The van der Waals surface area contributed by atoms with Crippen molar-refractivity contribution in [3.63, 3.8) is 0 Å². The van der Waals surface area contributed by atoms with Gasteiger partial charge in [-0.25, -0.2) is 9.98 Å². The average molecular weight is 889 g/mol. The van der Waals surface area contributed by atoms with Gasteiger partial charge in [0.05, 0.1) is 34.2 Å². The Hall–Kier alpha value is -4.70. The molecule has 0 aliphatic heterocycles. The van der Waals surface area contributed by atoms with E-state index in [1.807, 2.05) is 0 Å². The molecule has 4 aromatic rings. The number of hydrogen-bond donors (Lipinski definition) is 2. The summed E-state index contributed by atoms with van der Waals surface area (Å²) in [7, 11) is 0. The second kappa shape index (κ2) is 17.7. The fourth-order valence-corrected chi connectivity index (χ4v) is 8.50. The van der Waals surface area contributed by atoms with Crippen LogP contribution in [0.15, 0.2) is 106 Å².